The molecule has 0 aromatic rings. The van der Waals surface area contributed by atoms with Gasteiger partial charge in [-0.3, -0.25) is 4.79 Å². The highest BCUT2D eigenvalue weighted by molar-refractivity contribution is 5.84. The highest BCUT2D eigenvalue weighted by Gasteiger charge is 2.42. The summed E-state index contributed by atoms with van der Waals surface area (Å²) < 4.78 is 36.2. The Kier molecular flexibility index (Phi) is 4.15. The van der Waals surface area contributed by atoms with Crippen LogP contribution in [-0.2, 0) is 4.79 Å². The Labute approximate surface area is 91.4 Å². The topological polar surface area (TPSA) is 52.6 Å². The summed E-state index contributed by atoms with van der Waals surface area (Å²) in [6.45, 7) is 1.99. The third-order valence-electron chi connectivity index (χ3n) is 2.52. The second-order valence-electron chi connectivity index (χ2n) is 3.74. The van der Waals surface area contributed by atoms with Crippen LogP contribution in [0.5, 0.6) is 0 Å². The summed E-state index contributed by atoms with van der Waals surface area (Å²) in [5.74, 6) is -0.370. The summed E-state index contributed by atoms with van der Waals surface area (Å²) in [5.41, 5.74) is 0. The molecule has 7 heteroatoms. The number of likely N-dealkylation sites (tertiary alicyclic amines) is 1. The molecule has 94 valence electrons. The number of amides is 1. The Bertz CT molecular complexity index is 258. The zero-order valence-corrected chi connectivity index (χ0v) is 8.92. The zero-order valence-electron chi connectivity index (χ0n) is 8.92. The summed E-state index contributed by atoms with van der Waals surface area (Å²) in [5, 5.41) is 11.7. The van der Waals surface area contributed by atoms with E-state index in [0.717, 1.165) is 4.90 Å². The molecule has 1 saturated heterocycles. The third-order valence-corrected chi connectivity index (χ3v) is 2.52. The predicted octanol–water partition coefficient (Wildman–Crippen LogP) is 0.120. The summed E-state index contributed by atoms with van der Waals surface area (Å²) >= 11 is 0. The van der Waals surface area contributed by atoms with Gasteiger partial charge in [-0.25, -0.2) is 0 Å². The number of alkyl halides is 3. The minimum atomic E-state index is -4.67. The Morgan fingerprint density at radius 2 is 2.25 bits per heavy atom. The Morgan fingerprint density at radius 1 is 1.62 bits per heavy atom. The largest absolute Gasteiger partial charge is 0.416 e. The molecule has 0 radical (unpaired) electrons. The smallest absolute Gasteiger partial charge is 0.382 e. The first-order valence-corrected chi connectivity index (χ1v) is 5.13. The van der Waals surface area contributed by atoms with Gasteiger partial charge in [-0.2, -0.15) is 13.2 Å². The molecule has 16 heavy (non-hydrogen) atoms. The quantitative estimate of drug-likeness (QED) is 0.734. The van der Waals surface area contributed by atoms with Crippen molar-refractivity contribution >= 4 is 5.91 Å². The molecule has 1 aliphatic rings. The first-order chi connectivity index (χ1) is 7.36. The van der Waals surface area contributed by atoms with Crippen molar-refractivity contribution in [2.45, 2.75) is 31.7 Å². The van der Waals surface area contributed by atoms with Gasteiger partial charge in [-0.15, -0.1) is 0 Å². The molecule has 1 amide bonds. The van der Waals surface area contributed by atoms with Crippen LogP contribution < -0.4 is 5.32 Å². The van der Waals surface area contributed by atoms with Crippen molar-refractivity contribution in [3.63, 3.8) is 0 Å². The van der Waals surface area contributed by atoms with E-state index in [1.54, 1.807) is 0 Å². The molecule has 0 aliphatic carbocycles. The molecule has 0 saturated carbocycles. The van der Waals surface area contributed by atoms with Gasteiger partial charge >= 0.3 is 6.18 Å². The monoisotopic (exact) mass is 240 g/mol. The van der Waals surface area contributed by atoms with Gasteiger partial charge in [0.15, 0.2) is 6.10 Å². The number of likely N-dealkylation sites (N-methyl/N-ethyl adjacent to an activating group) is 1. The maximum atomic E-state index is 12.1. The van der Waals surface area contributed by atoms with E-state index in [1.165, 1.54) is 0 Å². The first kappa shape index (κ1) is 13.2. The second-order valence-corrected chi connectivity index (χ2v) is 3.74. The van der Waals surface area contributed by atoms with E-state index in [-0.39, 0.29) is 12.5 Å². The van der Waals surface area contributed by atoms with Crippen LogP contribution in [0.1, 0.15) is 13.3 Å². The Hall–Kier alpha value is -0.820. The van der Waals surface area contributed by atoms with Gasteiger partial charge in [-0.05, 0) is 13.0 Å². The van der Waals surface area contributed by atoms with Crippen LogP contribution in [0.3, 0.4) is 0 Å². The van der Waals surface area contributed by atoms with E-state index < -0.39 is 24.9 Å². The molecule has 2 atom stereocenters. The summed E-state index contributed by atoms with van der Waals surface area (Å²) in [6.07, 6.45) is -6.65. The van der Waals surface area contributed by atoms with Gasteiger partial charge in [0.2, 0.25) is 5.91 Å². The van der Waals surface area contributed by atoms with Crippen LogP contribution >= 0.6 is 0 Å². The Balaban J connectivity index is 2.49. The molecule has 2 unspecified atom stereocenters. The molecule has 4 nitrogen and oxygen atoms in total. The van der Waals surface area contributed by atoms with Gasteiger partial charge in [-0.1, -0.05) is 6.92 Å². The molecular formula is C9H15F3N2O2. The maximum Gasteiger partial charge on any atom is 0.416 e. The molecule has 0 bridgehead atoms. The van der Waals surface area contributed by atoms with Gasteiger partial charge in [0.25, 0.3) is 0 Å². The predicted molar refractivity (Wildman–Crippen MR) is 50.7 cm³/mol. The zero-order chi connectivity index (χ0) is 12.3. The minimum absolute atomic E-state index is 0.254. The van der Waals surface area contributed by atoms with Crippen molar-refractivity contribution < 1.29 is 23.1 Å². The maximum absolute atomic E-state index is 12.1. The molecule has 1 heterocycles. The van der Waals surface area contributed by atoms with E-state index in [4.69, 9.17) is 5.11 Å². The standard InChI is InChI=1S/C9H15F3N2O2/c1-2-13-6-3-4-14(8(6)16)5-7(15)9(10,11)12/h6-7,13,15H,2-5H2,1H3. The van der Waals surface area contributed by atoms with E-state index in [9.17, 15) is 18.0 Å². The normalized spacial score (nSPS) is 23.9. The van der Waals surface area contributed by atoms with Crippen LogP contribution in [0.2, 0.25) is 0 Å². The summed E-state index contributed by atoms with van der Waals surface area (Å²) in [4.78, 5) is 12.6. The van der Waals surface area contributed by atoms with Crippen molar-refractivity contribution in [2.75, 3.05) is 19.6 Å². The SMILES string of the molecule is CCNC1CCN(CC(O)C(F)(F)F)C1=O. The number of β-amino-alcohol motifs (C(OH)–C–C–N with tert-alkyl or cyclic N) is 1. The molecule has 1 aliphatic heterocycles. The summed E-state index contributed by atoms with van der Waals surface area (Å²) in [7, 11) is 0. The fourth-order valence-electron chi connectivity index (χ4n) is 1.67. The highest BCUT2D eigenvalue weighted by atomic mass is 19.4. The number of aliphatic hydroxyl groups is 1. The number of hydrogen-bond acceptors (Lipinski definition) is 3. The average molecular weight is 240 g/mol. The number of nitrogens with one attached hydrogen (secondary N) is 1. The van der Waals surface area contributed by atoms with Crippen molar-refractivity contribution in [3.8, 4) is 0 Å². The van der Waals surface area contributed by atoms with E-state index >= 15 is 0 Å². The van der Waals surface area contributed by atoms with Crippen LogP contribution in [-0.4, -0.2) is 53.9 Å². The molecule has 2 N–H and O–H groups in total. The van der Waals surface area contributed by atoms with Crippen molar-refractivity contribution in [1.29, 1.82) is 0 Å². The van der Waals surface area contributed by atoms with Crippen LogP contribution in [0.25, 0.3) is 0 Å². The lowest BCUT2D eigenvalue weighted by molar-refractivity contribution is -0.207. The fraction of sp³-hybridized carbons (Fsp3) is 0.889. The first-order valence-electron chi connectivity index (χ1n) is 5.13. The van der Waals surface area contributed by atoms with Gasteiger partial charge in [0, 0.05) is 6.54 Å². The van der Waals surface area contributed by atoms with E-state index in [1.807, 2.05) is 6.92 Å². The van der Waals surface area contributed by atoms with Crippen LogP contribution in [0.15, 0.2) is 0 Å². The van der Waals surface area contributed by atoms with Crippen molar-refractivity contribution in [1.82, 2.24) is 10.2 Å². The number of carbonyl (C=O) groups is 1. The molecular weight excluding hydrogens is 225 g/mol. The van der Waals surface area contributed by atoms with Crippen molar-refractivity contribution in [2.24, 2.45) is 0 Å². The Morgan fingerprint density at radius 3 is 2.75 bits per heavy atom. The number of aliphatic hydroxyl groups excluding tert-OH is 1. The van der Waals surface area contributed by atoms with Gasteiger partial charge in [0.1, 0.15) is 0 Å². The second kappa shape index (κ2) is 5.01. The minimum Gasteiger partial charge on any atom is -0.382 e. The van der Waals surface area contributed by atoms with Crippen molar-refractivity contribution in [3.05, 3.63) is 0 Å². The molecule has 1 rings (SSSR count). The molecule has 0 spiro atoms. The number of halogens is 3. The van der Waals surface area contributed by atoms with Gasteiger partial charge in [0.05, 0.1) is 12.6 Å². The van der Waals surface area contributed by atoms with Crippen LogP contribution in [0, 0.1) is 0 Å². The number of hydrogen-bond donors (Lipinski definition) is 2. The molecule has 0 aromatic carbocycles. The van der Waals surface area contributed by atoms with E-state index in [2.05, 4.69) is 5.32 Å². The lowest BCUT2D eigenvalue weighted by Crippen LogP contribution is -2.44. The lowest BCUT2D eigenvalue weighted by atomic mass is 10.2. The average Bonchev–Trinajstić information content (AvgIpc) is 2.49. The fourth-order valence-corrected chi connectivity index (χ4v) is 1.67. The van der Waals surface area contributed by atoms with E-state index in [0.29, 0.717) is 13.0 Å². The highest BCUT2D eigenvalue weighted by Crippen LogP contribution is 2.22. The third kappa shape index (κ3) is 3.08. The number of rotatable bonds is 4. The van der Waals surface area contributed by atoms with Crippen LogP contribution in [0.4, 0.5) is 13.2 Å². The molecule has 1 fully saturated rings. The summed E-state index contributed by atoms with van der Waals surface area (Å²) in [6, 6.07) is -0.412. The van der Waals surface area contributed by atoms with Gasteiger partial charge < -0.3 is 15.3 Å². The number of carbonyl (C=O) groups excluding carboxylic acids is 1. The number of nitrogens with zero attached hydrogens (tertiary/aromatic N) is 1. The lowest BCUT2D eigenvalue weighted by Gasteiger charge is -2.22. The molecule has 0 aromatic heterocycles.